The van der Waals surface area contributed by atoms with E-state index in [0.29, 0.717) is 11.4 Å². The first-order valence-corrected chi connectivity index (χ1v) is 6.03. The zero-order valence-electron chi connectivity index (χ0n) is 10.8. The topological polar surface area (TPSA) is 21.3 Å². The number of rotatable bonds is 4. The Balaban J connectivity index is 2.33. The van der Waals surface area contributed by atoms with Gasteiger partial charge in [0.1, 0.15) is 11.8 Å². The van der Waals surface area contributed by atoms with Gasteiger partial charge in [-0.2, -0.15) is 13.2 Å². The molecule has 2 nitrogen and oxygen atoms in total. The number of benzene rings is 2. The summed E-state index contributed by atoms with van der Waals surface area (Å²) in [5, 5.41) is 2.51. The van der Waals surface area contributed by atoms with E-state index in [2.05, 4.69) is 5.32 Å². The molecular weight excluding hydrogens is 267 g/mol. The maximum absolute atomic E-state index is 13.2. The van der Waals surface area contributed by atoms with Gasteiger partial charge in [0.2, 0.25) is 0 Å². The van der Waals surface area contributed by atoms with Crippen LogP contribution in [0.3, 0.4) is 0 Å². The molecule has 0 heterocycles. The number of nitrogens with one attached hydrogen (secondary N) is 1. The molecule has 0 bridgehead atoms. The molecule has 0 fully saturated rings. The number of ether oxygens (including phenoxy) is 1. The van der Waals surface area contributed by atoms with Crippen molar-refractivity contribution in [1.82, 2.24) is 0 Å². The second-order valence-electron chi connectivity index (χ2n) is 4.26. The molecule has 0 aromatic heterocycles. The number of anilines is 1. The van der Waals surface area contributed by atoms with Crippen molar-refractivity contribution in [2.75, 3.05) is 12.4 Å². The third-order valence-electron chi connectivity index (χ3n) is 2.84. The van der Waals surface area contributed by atoms with Crippen LogP contribution in [-0.2, 0) is 0 Å². The number of hydrogen-bond donors (Lipinski definition) is 1. The van der Waals surface area contributed by atoms with Crippen molar-refractivity contribution < 1.29 is 17.9 Å². The molecule has 0 radical (unpaired) electrons. The van der Waals surface area contributed by atoms with E-state index < -0.39 is 12.2 Å². The Kier molecular flexibility index (Phi) is 4.17. The second kappa shape index (κ2) is 5.86. The Hall–Kier alpha value is -2.17. The Morgan fingerprint density at radius 1 is 1.00 bits per heavy atom. The summed E-state index contributed by atoms with van der Waals surface area (Å²) in [7, 11) is 1.42. The molecule has 0 aliphatic heterocycles. The zero-order valence-corrected chi connectivity index (χ0v) is 10.8. The first-order valence-electron chi connectivity index (χ1n) is 6.03. The highest BCUT2D eigenvalue weighted by molar-refractivity contribution is 5.46. The lowest BCUT2D eigenvalue weighted by Gasteiger charge is -2.23. The van der Waals surface area contributed by atoms with E-state index in [1.54, 1.807) is 42.5 Å². The Labute approximate surface area is 115 Å². The van der Waals surface area contributed by atoms with Gasteiger partial charge in [0, 0.05) is 5.69 Å². The normalized spacial score (nSPS) is 12.8. The molecule has 0 aliphatic carbocycles. The average Bonchev–Trinajstić information content (AvgIpc) is 2.45. The van der Waals surface area contributed by atoms with Crippen molar-refractivity contribution in [1.29, 1.82) is 0 Å². The molecule has 0 saturated carbocycles. The van der Waals surface area contributed by atoms with Gasteiger partial charge in [-0.15, -0.1) is 0 Å². The smallest absolute Gasteiger partial charge is 0.412 e. The van der Waals surface area contributed by atoms with Gasteiger partial charge in [0.15, 0.2) is 0 Å². The number of alkyl halides is 3. The molecule has 5 heteroatoms. The van der Waals surface area contributed by atoms with Crippen LogP contribution in [0.5, 0.6) is 5.75 Å². The van der Waals surface area contributed by atoms with Crippen LogP contribution in [0.1, 0.15) is 11.6 Å². The predicted octanol–water partition coefficient (Wildman–Crippen LogP) is 4.41. The first-order chi connectivity index (χ1) is 9.50. The number of methoxy groups -OCH3 is 1. The Morgan fingerprint density at radius 3 is 2.30 bits per heavy atom. The van der Waals surface area contributed by atoms with Crippen molar-refractivity contribution in [3.05, 3.63) is 60.2 Å². The third kappa shape index (κ3) is 3.44. The summed E-state index contributed by atoms with van der Waals surface area (Å²) in [5.41, 5.74) is 0.526. The molecule has 0 saturated heterocycles. The van der Waals surface area contributed by atoms with E-state index in [0.717, 1.165) is 0 Å². The average molecular weight is 281 g/mol. The minimum absolute atomic E-state index is 0.112. The van der Waals surface area contributed by atoms with Crippen molar-refractivity contribution in [2.24, 2.45) is 0 Å². The molecule has 1 N–H and O–H groups in total. The summed E-state index contributed by atoms with van der Waals surface area (Å²) >= 11 is 0. The molecule has 2 rings (SSSR count). The summed E-state index contributed by atoms with van der Waals surface area (Å²) in [6, 6.07) is 12.5. The molecule has 1 unspecified atom stereocenters. The lowest BCUT2D eigenvalue weighted by molar-refractivity contribution is -0.144. The van der Waals surface area contributed by atoms with E-state index >= 15 is 0 Å². The van der Waals surface area contributed by atoms with Crippen LogP contribution in [-0.4, -0.2) is 13.3 Å². The summed E-state index contributed by atoms with van der Waals surface area (Å²) in [6.45, 7) is 0. The molecule has 0 aliphatic rings. The minimum Gasteiger partial charge on any atom is -0.497 e. The van der Waals surface area contributed by atoms with Gasteiger partial charge in [-0.3, -0.25) is 0 Å². The summed E-state index contributed by atoms with van der Waals surface area (Å²) in [6.07, 6.45) is -4.40. The van der Waals surface area contributed by atoms with Crippen molar-refractivity contribution in [3.63, 3.8) is 0 Å². The van der Waals surface area contributed by atoms with Crippen molar-refractivity contribution in [3.8, 4) is 5.75 Å². The van der Waals surface area contributed by atoms with Gasteiger partial charge in [0.05, 0.1) is 7.11 Å². The molecule has 2 aromatic rings. The predicted molar refractivity (Wildman–Crippen MR) is 71.9 cm³/mol. The minimum atomic E-state index is -4.40. The SMILES string of the molecule is COc1cccc(C(Nc2ccccc2)C(F)(F)F)c1. The van der Waals surface area contributed by atoms with Crippen LogP contribution < -0.4 is 10.1 Å². The number of para-hydroxylation sites is 1. The Bertz CT molecular complexity index is 555. The summed E-state index contributed by atoms with van der Waals surface area (Å²) in [5.74, 6) is 0.395. The van der Waals surface area contributed by atoms with Gasteiger partial charge in [0.25, 0.3) is 0 Å². The largest absolute Gasteiger partial charge is 0.497 e. The van der Waals surface area contributed by atoms with Gasteiger partial charge in [-0.1, -0.05) is 30.3 Å². The van der Waals surface area contributed by atoms with Gasteiger partial charge < -0.3 is 10.1 Å². The van der Waals surface area contributed by atoms with Crippen LogP contribution in [0.15, 0.2) is 54.6 Å². The monoisotopic (exact) mass is 281 g/mol. The fourth-order valence-corrected chi connectivity index (χ4v) is 1.88. The molecule has 106 valence electrons. The van der Waals surface area contributed by atoms with Gasteiger partial charge in [-0.05, 0) is 29.8 Å². The lowest BCUT2D eigenvalue weighted by Crippen LogP contribution is -2.27. The van der Waals surface area contributed by atoms with E-state index in [9.17, 15) is 13.2 Å². The fourth-order valence-electron chi connectivity index (χ4n) is 1.88. The summed E-state index contributed by atoms with van der Waals surface area (Å²) < 4.78 is 44.6. The third-order valence-corrected chi connectivity index (χ3v) is 2.84. The lowest BCUT2D eigenvalue weighted by atomic mass is 10.1. The van der Waals surface area contributed by atoms with Crippen LogP contribution in [0.25, 0.3) is 0 Å². The maximum atomic E-state index is 13.2. The van der Waals surface area contributed by atoms with Crippen molar-refractivity contribution >= 4 is 5.69 Å². The standard InChI is InChI=1S/C15H14F3NO/c1-20-13-9-5-6-11(10-13)14(15(16,17)18)19-12-7-3-2-4-8-12/h2-10,14,19H,1H3. The van der Waals surface area contributed by atoms with Crippen LogP contribution in [0.2, 0.25) is 0 Å². The molecule has 20 heavy (non-hydrogen) atoms. The Morgan fingerprint density at radius 2 is 1.70 bits per heavy atom. The molecule has 1 atom stereocenters. The van der Waals surface area contributed by atoms with Crippen LogP contribution in [0.4, 0.5) is 18.9 Å². The summed E-state index contributed by atoms with van der Waals surface area (Å²) in [4.78, 5) is 0. The molecular formula is C15H14F3NO. The van der Waals surface area contributed by atoms with Crippen LogP contribution in [0, 0.1) is 0 Å². The number of halogens is 3. The highest BCUT2D eigenvalue weighted by Crippen LogP contribution is 2.36. The van der Waals surface area contributed by atoms with E-state index in [1.807, 2.05) is 0 Å². The number of hydrogen-bond acceptors (Lipinski definition) is 2. The second-order valence-corrected chi connectivity index (χ2v) is 4.26. The maximum Gasteiger partial charge on any atom is 0.412 e. The van der Waals surface area contributed by atoms with Gasteiger partial charge in [-0.25, -0.2) is 0 Å². The quantitative estimate of drug-likeness (QED) is 0.896. The molecule has 0 spiro atoms. The van der Waals surface area contributed by atoms with E-state index in [-0.39, 0.29) is 5.56 Å². The highest BCUT2D eigenvalue weighted by atomic mass is 19.4. The van der Waals surface area contributed by atoms with E-state index in [1.165, 1.54) is 19.2 Å². The van der Waals surface area contributed by atoms with Crippen LogP contribution >= 0.6 is 0 Å². The first kappa shape index (κ1) is 14.2. The van der Waals surface area contributed by atoms with Crippen molar-refractivity contribution in [2.45, 2.75) is 12.2 Å². The van der Waals surface area contributed by atoms with E-state index in [4.69, 9.17) is 4.74 Å². The van der Waals surface area contributed by atoms with Gasteiger partial charge >= 0.3 is 6.18 Å². The molecule has 2 aromatic carbocycles. The highest BCUT2D eigenvalue weighted by Gasteiger charge is 2.41. The zero-order chi connectivity index (χ0) is 14.6. The molecule has 0 amide bonds. The fraction of sp³-hybridized carbons (Fsp3) is 0.200.